The Labute approximate surface area is 253 Å². The molecule has 1 atom stereocenters. The molecule has 0 aliphatic heterocycles. The fourth-order valence-corrected chi connectivity index (χ4v) is 6.47. The van der Waals surface area contributed by atoms with E-state index in [1.165, 1.54) is 66.8 Å². The van der Waals surface area contributed by atoms with Crippen LogP contribution in [0.4, 0.5) is 0 Å². The first-order valence-corrected chi connectivity index (χ1v) is 15.6. The van der Waals surface area contributed by atoms with Crippen molar-refractivity contribution in [2.24, 2.45) is 5.92 Å². The van der Waals surface area contributed by atoms with Crippen LogP contribution in [0, 0.1) is 5.92 Å². The van der Waals surface area contributed by atoms with Gasteiger partial charge in [0.1, 0.15) is 6.10 Å². The van der Waals surface area contributed by atoms with Gasteiger partial charge in [-0.25, -0.2) is 0 Å². The van der Waals surface area contributed by atoms with Crippen LogP contribution in [0.2, 0.25) is 0 Å². The van der Waals surface area contributed by atoms with Crippen molar-refractivity contribution < 1.29 is 4.74 Å². The molecule has 1 heteroatoms. The molecule has 0 bridgehead atoms. The highest BCUT2D eigenvalue weighted by Gasteiger charge is 2.30. The number of rotatable bonds is 7. The highest BCUT2D eigenvalue weighted by molar-refractivity contribution is 5.83. The minimum absolute atomic E-state index is 0.0125. The van der Waals surface area contributed by atoms with Gasteiger partial charge in [0.25, 0.3) is 0 Å². The summed E-state index contributed by atoms with van der Waals surface area (Å²) in [6.45, 7) is 16.5. The quantitative estimate of drug-likeness (QED) is 0.221. The summed E-state index contributed by atoms with van der Waals surface area (Å²) in [7, 11) is 0. The molecule has 42 heavy (non-hydrogen) atoms. The van der Waals surface area contributed by atoms with Crippen LogP contribution in [0.3, 0.4) is 0 Å². The van der Waals surface area contributed by atoms with Crippen molar-refractivity contribution in [1.29, 1.82) is 0 Å². The summed E-state index contributed by atoms with van der Waals surface area (Å²) in [6.07, 6.45) is 5.71. The Morgan fingerprint density at radius 2 is 1.31 bits per heavy atom. The van der Waals surface area contributed by atoms with Gasteiger partial charge in [-0.1, -0.05) is 146 Å². The van der Waals surface area contributed by atoms with Crippen molar-refractivity contribution in [1.82, 2.24) is 0 Å². The molecular weight excluding hydrogens is 508 g/mol. The molecule has 2 aliphatic carbocycles. The lowest BCUT2D eigenvalue weighted by molar-refractivity contribution is 0.0923. The van der Waals surface area contributed by atoms with E-state index in [9.17, 15) is 0 Å². The predicted molar refractivity (Wildman–Crippen MR) is 180 cm³/mol. The van der Waals surface area contributed by atoms with E-state index in [-0.39, 0.29) is 11.5 Å². The molecule has 0 saturated heterocycles. The summed E-state index contributed by atoms with van der Waals surface area (Å²) in [6, 6.07) is 31.6. The average molecular weight is 553 g/mol. The summed E-state index contributed by atoms with van der Waals surface area (Å²) in [5.74, 6) is 0.952. The summed E-state index contributed by atoms with van der Waals surface area (Å²) >= 11 is 0. The van der Waals surface area contributed by atoms with Crippen molar-refractivity contribution in [2.45, 2.75) is 72.3 Å². The van der Waals surface area contributed by atoms with E-state index < -0.39 is 0 Å². The number of fused-ring (bicyclic) bond motifs is 2. The number of hydrogen-bond acceptors (Lipinski definition) is 1. The minimum Gasteiger partial charge on any atom is -0.365 e. The second-order valence-electron chi connectivity index (χ2n) is 13.8. The zero-order chi connectivity index (χ0) is 29.6. The van der Waals surface area contributed by atoms with E-state index in [0.29, 0.717) is 18.4 Å². The van der Waals surface area contributed by atoms with Gasteiger partial charge >= 0.3 is 0 Å². The van der Waals surface area contributed by atoms with E-state index >= 15 is 0 Å². The topological polar surface area (TPSA) is 9.23 Å². The van der Waals surface area contributed by atoms with Crippen molar-refractivity contribution >= 4 is 12.2 Å². The van der Waals surface area contributed by atoms with Crippen molar-refractivity contribution in [3.05, 3.63) is 129 Å². The van der Waals surface area contributed by atoms with Crippen LogP contribution in [0.1, 0.15) is 93.9 Å². The first-order chi connectivity index (χ1) is 20.1. The van der Waals surface area contributed by atoms with Gasteiger partial charge in [0.05, 0.1) is 6.61 Å². The molecule has 0 aromatic heterocycles. The first kappa shape index (κ1) is 28.4. The maximum absolute atomic E-state index is 6.82. The van der Waals surface area contributed by atoms with E-state index in [0.717, 1.165) is 6.42 Å². The van der Waals surface area contributed by atoms with E-state index in [2.05, 4.69) is 146 Å². The third kappa shape index (κ3) is 5.43. The lowest BCUT2D eigenvalue weighted by atomic mass is 9.86. The zero-order valence-electron chi connectivity index (χ0n) is 26.3. The van der Waals surface area contributed by atoms with Gasteiger partial charge < -0.3 is 4.74 Å². The van der Waals surface area contributed by atoms with Crippen LogP contribution in [0.5, 0.6) is 0 Å². The minimum atomic E-state index is -0.0125. The van der Waals surface area contributed by atoms with E-state index in [1.54, 1.807) is 0 Å². The molecule has 2 aliphatic rings. The van der Waals surface area contributed by atoms with E-state index in [4.69, 9.17) is 4.74 Å². The molecule has 0 fully saturated rings. The molecule has 0 saturated carbocycles. The Bertz CT molecular complexity index is 1650. The third-order valence-electron chi connectivity index (χ3n) is 9.05. The Balaban J connectivity index is 1.25. The maximum atomic E-state index is 6.82. The highest BCUT2D eigenvalue weighted by atomic mass is 16.5. The van der Waals surface area contributed by atoms with Crippen LogP contribution < -0.4 is 0 Å². The number of benzene rings is 4. The average Bonchev–Trinajstić information content (AvgIpc) is 3.57. The van der Waals surface area contributed by atoms with E-state index in [1.807, 2.05) is 0 Å². The monoisotopic (exact) mass is 552 g/mol. The molecular formula is C41H44O. The zero-order valence-corrected chi connectivity index (χ0v) is 26.3. The smallest absolute Gasteiger partial charge is 0.105 e. The second kappa shape index (κ2) is 11.2. The van der Waals surface area contributed by atoms with Gasteiger partial charge in [-0.05, 0) is 90.5 Å². The van der Waals surface area contributed by atoms with Crippen molar-refractivity contribution in [2.75, 3.05) is 6.61 Å². The molecule has 214 valence electrons. The SMILES string of the molecule is CC(C)C1=Cc2c(-c3ccc(C(C)(C)C)cc3)cccc2C1OCC1=Cc2c(cccc2-c2ccc(C(C)C)cc2)C1. The number of hydrogen-bond donors (Lipinski definition) is 0. The Hall–Kier alpha value is -3.68. The molecule has 0 spiro atoms. The van der Waals surface area contributed by atoms with Gasteiger partial charge in [-0.15, -0.1) is 0 Å². The summed E-state index contributed by atoms with van der Waals surface area (Å²) < 4.78 is 6.82. The Morgan fingerprint density at radius 3 is 1.93 bits per heavy atom. The lowest BCUT2D eigenvalue weighted by Crippen LogP contribution is -2.11. The van der Waals surface area contributed by atoms with Crippen LogP contribution in [-0.2, 0) is 16.6 Å². The molecule has 1 nitrogen and oxygen atoms in total. The molecule has 6 rings (SSSR count). The van der Waals surface area contributed by atoms with Gasteiger partial charge in [-0.2, -0.15) is 0 Å². The Morgan fingerprint density at radius 1 is 0.690 bits per heavy atom. The largest absolute Gasteiger partial charge is 0.365 e. The second-order valence-corrected chi connectivity index (χ2v) is 13.8. The fraction of sp³-hybridized carbons (Fsp3) is 0.317. The molecule has 4 aromatic carbocycles. The normalized spacial score (nSPS) is 16.1. The van der Waals surface area contributed by atoms with Crippen LogP contribution >= 0.6 is 0 Å². The molecule has 0 N–H and O–H groups in total. The molecule has 4 aromatic rings. The maximum Gasteiger partial charge on any atom is 0.105 e. The molecule has 0 radical (unpaired) electrons. The highest BCUT2D eigenvalue weighted by Crippen LogP contribution is 2.45. The fourth-order valence-electron chi connectivity index (χ4n) is 6.47. The summed E-state index contributed by atoms with van der Waals surface area (Å²) in [5.41, 5.74) is 16.1. The molecule has 0 amide bonds. The van der Waals surface area contributed by atoms with Gasteiger partial charge in [0.15, 0.2) is 0 Å². The summed E-state index contributed by atoms with van der Waals surface area (Å²) in [5, 5.41) is 0. The van der Waals surface area contributed by atoms with Crippen molar-refractivity contribution in [3.63, 3.8) is 0 Å². The summed E-state index contributed by atoms with van der Waals surface area (Å²) in [4.78, 5) is 0. The van der Waals surface area contributed by atoms with Gasteiger partial charge in [0.2, 0.25) is 0 Å². The van der Waals surface area contributed by atoms with Crippen LogP contribution in [0.25, 0.3) is 34.4 Å². The first-order valence-electron chi connectivity index (χ1n) is 15.6. The van der Waals surface area contributed by atoms with Crippen molar-refractivity contribution in [3.8, 4) is 22.3 Å². The van der Waals surface area contributed by atoms with Crippen LogP contribution in [-0.4, -0.2) is 6.61 Å². The predicted octanol–water partition coefficient (Wildman–Crippen LogP) is 11.2. The molecule has 1 unspecified atom stereocenters. The number of ether oxygens (including phenoxy) is 1. The third-order valence-corrected chi connectivity index (χ3v) is 9.05. The Kier molecular flexibility index (Phi) is 7.58. The van der Waals surface area contributed by atoms with Gasteiger partial charge in [-0.3, -0.25) is 0 Å². The van der Waals surface area contributed by atoms with Gasteiger partial charge in [0, 0.05) is 0 Å². The standard InChI is InChI=1S/C41H44O/c1-26(2)29-14-16-30(17-15-29)34-11-8-10-32-22-28(23-38(32)34)25-42-40-36-13-9-12-35(39(36)24-37(40)27(3)4)31-18-20-33(21-19-31)41(5,6)7/h8-21,23-24,26-27,40H,22,25H2,1-7H3. The van der Waals surface area contributed by atoms with Crippen LogP contribution in [0.15, 0.2) is 96.1 Å². The molecule has 0 heterocycles. The lowest BCUT2D eigenvalue weighted by Gasteiger charge is -2.21.